The number of rotatable bonds is 14. The van der Waals surface area contributed by atoms with Crippen molar-refractivity contribution < 1.29 is 9.13 Å². The number of hydrogen-bond donors (Lipinski definition) is 0. The zero-order chi connectivity index (χ0) is 13.5. The Balaban J connectivity index is 3.09. The van der Waals surface area contributed by atoms with Crippen LogP contribution in [0.25, 0.3) is 0 Å². The molecule has 110 valence electrons. The number of halogens is 1. The lowest BCUT2D eigenvalue weighted by atomic mass is 10.1. The van der Waals surface area contributed by atoms with E-state index in [1.54, 1.807) is 0 Å². The van der Waals surface area contributed by atoms with Crippen LogP contribution in [0, 0.1) is 0 Å². The Kier molecular flexibility index (Phi) is 14.9. The van der Waals surface area contributed by atoms with Crippen molar-refractivity contribution in [3.63, 3.8) is 0 Å². The van der Waals surface area contributed by atoms with Crippen LogP contribution in [-0.2, 0) is 4.74 Å². The van der Waals surface area contributed by atoms with E-state index in [4.69, 9.17) is 4.74 Å². The van der Waals surface area contributed by atoms with Gasteiger partial charge >= 0.3 is 0 Å². The Morgan fingerprint density at radius 1 is 0.722 bits per heavy atom. The predicted molar refractivity (Wildman–Crippen MR) is 77.6 cm³/mol. The van der Waals surface area contributed by atoms with Crippen molar-refractivity contribution in [2.45, 2.75) is 97.3 Å². The summed E-state index contributed by atoms with van der Waals surface area (Å²) in [7, 11) is 0. The topological polar surface area (TPSA) is 9.23 Å². The number of ether oxygens (including phenoxy) is 1. The third kappa shape index (κ3) is 14.0. The van der Waals surface area contributed by atoms with E-state index in [0.29, 0.717) is 13.0 Å². The van der Waals surface area contributed by atoms with E-state index < -0.39 is 6.36 Å². The van der Waals surface area contributed by atoms with E-state index in [0.717, 1.165) is 19.3 Å². The summed E-state index contributed by atoms with van der Waals surface area (Å²) in [5.41, 5.74) is 0. The van der Waals surface area contributed by atoms with Crippen LogP contribution in [0.15, 0.2) is 0 Å². The first-order valence-electron chi connectivity index (χ1n) is 8.07. The average Bonchev–Trinajstić information content (AvgIpc) is 2.37. The highest BCUT2D eigenvalue weighted by atomic mass is 19.1. The lowest BCUT2D eigenvalue weighted by Gasteiger charge is -2.09. The summed E-state index contributed by atoms with van der Waals surface area (Å²) >= 11 is 0. The van der Waals surface area contributed by atoms with Gasteiger partial charge in [-0.1, -0.05) is 71.6 Å². The molecule has 0 saturated heterocycles. The summed E-state index contributed by atoms with van der Waals surface area (Å²) in [6, 6.07) is 0. The van der Waals surface area contributed by atoms with Crippen molar-refractivity contribution in [1.82, 2.24) is 0 Å². The molecular weight excluding hydrogens is 227 g/mol. The number of alkyl halides is 1. The maximum Gasteiger partial charge on any atom is 0.198 e. The first kappa shape index (κ1) is 17.9. The molecule has 2 heteroatoms. The molecule has 0 aromatic rings. The molecule has 1 unspecified atom stereocenters. The Bertz CT molecular complexity index is 150. The Morgan fingerprint density at radius 3 is 1.83 bits per heavy atom. The molecule has 1 atom stereocenters. The van der Waals surface area contributed by atoms with Crippen LogP contribution in [-0.4, -0.2) is 13.0 Å². The minimum Gasteiger partial charge on any atom is -0.348 e. The summed E-state index contributed by atoms with van der Waals surface area (Å²) in [6.07, 6.45) is 12.8. The minimum absolute atomic E-state index is 0.583. The maximum absolute atomic E-state index is 13.3. The zero-order valence-electron chi connectivity index (χ0n) is 12.6. The summed E-state index contributed by atoms with van der Waals surface area (Å²) in [5, 5.41) is 0. The molecule has 0 aliphatic heterocycles. The highest BCUT2D eigenvalue weighted by Crippen LogP contribution is 2.11. The van der Waals surface area contributed by atoms with Crippen molar-refractivity contribution in [2.24, 2.45) is 0 Å². The molecule has 0 saturated carbocycles. The molecule has 0 radical (unpaired) electrons. The first-order valence-corrected chi connectivity index (χ1v) is 8.07. The first-order chi connectivity index (χ1) is 8.81. The monoisotopic (exact) mass is 260 g/mol. The molecule has 0 bridgehead atoms. The van der Waals surface area contributed by atoms with E-state index >= 15 is 0 Å². The molecule has 0 heterocycles. The smallest absolute Gasteiger partial charge is 0.198 e. The molecule has 0 amide bonds. The molecule has 0 spiro atoms. The van der Waals surface area contributed by atoms with E-state index in [1.165, 1.54) is 51.4 Å². The molecule has 0 fully saturated rings. The van der Waals surface area contributed by atoms with Gasteiger partial charge < -0.3 is 4.74 Å². The average molecular weight is 260 g/mol. The van der Waals surface area contributed by atoms with Crippen molar-refractivity contribution in [2.75, 3.05) is 6.61 Å². The molecule has 0 N–H and O–H groups in total. The normalized spacial score (nSPS) is 12.8. The lowest BCUT2D eigenvalue weighted by Crippen LogP contribution is -2.07. The minimum atomic E-state index is -1.03. The number of hydrogen-bond acceptors (Lipinski definition) is 1. The van der Waals surface area contributed by atoms with Crippen LogP contribution in [0.5, 0.6) is 0 Å². The highest BCUT2D eigenvalue weighted by Gasteiger charge is 2.05. The fourth-order valence-corrected chi connectivity index (χ4v) is 2.09. The van der Waals surface area contributed by atoms with Crippen molar-refractivity contribution in [3.05, 3.63) is 0 Å². The number of unbranched alkanes of at least 4 members (excludes halogenated alkanes) is 9. The Hall–Kier alpha value is -0.110. The highest BCUT2D eigenvalue weighted by molar-refractivity contribution is 4.48. The fraction of sp³-hybridized carbons (Fsp3) is 1.00. The van der Waals surface area contributed by atoms with E-state index in [9.17, 15) is 4.39 Å². The quantitative estimate of drug-likeness (QED) is 0.347. The van der Waals surface area contributed by atoms with Crippen molar-refractivity contribution in [3.8, 4) is 0 Å². The summed E-state index contributed by atoms with van der Waals surface area (Å²) in [4.78, 5) is 0. The third-order valence-corrected chi connectivity index (χ3v) is 3.33. The van der Waals surface area contributed by atoms with Gasteiger partial charge in [-0.15, -0.1) is 0 Å². The van der Waals surface area contributed by atoms with Gasteiger partial charge in [-0.05, 0) is 12.8 Å². The van der Waals surface area contributed by atoms with Crippen molar-refractivity contribution in [1.29, 1.82) is 0 Å². The molecule has 0 aromatic carbocycles. The molecular formula is C16H33FO. The Labute approximate surface area is 113 Å². The lowest BCUT2D eigenvalue weighted by molar-refractivity contribution is -0.0459. The second-order valence-corrected chi connectivity index (χ2v) is 5.25. The second-order valence-electron chi connectivity index (χ2n) is 5.25. The van der Waals surface area contributed by atoms with Gasteiger partial charge in [0, 0.05) is 6.42 Å². The van der Waals surface area contributed by atoms with Gasteiger partial charge in [-0.25, -0.2) is 4.39 Å². The van der Waals surface area contributed by atoms with Crippen molar-refractivity contribution >= 4 is 0 Å². The van der Waals surface area contributed by atoms with Crippen LogP contribution in [0.2, 0.25) is 0 Å². The Morgan fingerprint density at radius 2 is 1.22 bits per heavy atom. The van der Waals surface area contributed by atoms with Crippen LogP contribution >= 0.6 is 0 Å². The van der Waals surface area contributed by atoms with E-state index in [-0.39, 0.29) is 0 Å². The molecule has 1 nitrogen and oxygen atoms in total. The molecule has 0 aromatic heterocycles. The van der Waals surface area contributed by atoms with Gasteiger partial charge in [-0.3, -0.25) is 0 Å². The van der Waals surface area contributed by atoms with Crippen LogP contribution < -0.4 is 0 Å². The van der Waals surface area contributed by atoms with Gasteiger partial charge in [0.15, 0.2) is 6.36 Å². The summed E-state index contributed by atoms with van der Waals surface area (Å²) in [5.74, 6) is 0. The largest absolute Gasteiger partial charge is 0.348 e. The van der Waals surface area contributed by atoms with E-state index in [1.807, 2.05) is 0 Å². The van der Waals surface area contributed by atoms with Gasteiger partial charge in [0.05, 0.1) is 6.61 Å². The van der Waals surface area contributed by atoms with Gasteiger partial charge in [0.2, 0.25) is 0 Å². The predicted octanol–water partition coefficient (Wildman–Crippen LogP) is 6.02. The molecule has 0 aliphatic rings. The molecule has 0 rings (SSSR count). The molecule has 0 aliphatic carbocycles. The fourth-order valence-electron chi connectivity index (χ4n) is 2.09. The third-order valence-electron chi connectivity index (χ3n) is 3.33. The van der Waals surface area contributed by atoms with Gasteiger partial charge in [0.1, 0.15) is 0 Å². The summed E-state index contributed by atoms with van der Waals surface area (Å²) in [6.45, 7) is 5.02. The van der Waals surface area contributed by atoms with E-state index in [2.05, 4.69) is 13.8 Å². The zero-order valence-corrected chi connectivity index (χ0v) is 12.6. The van der Waals surface area contributed by atoms with Crippen LogP contribution in [0.4, 0.5) is 4.39 Å². The second kappa shape index (κ2) is 14.9. The standard InChI is InChI=1S/C16H33FO/c1-3-5-7-9-11-13-15-18-16(17)14-12-10-8-6-4-2/h16H,3-15H2,1-2H3. The SMILES string of the molecule is CCCCCCCCOC(F)CCCCCCC. The molecule has 18 heavy (non-hydrogen) atoms. The van der Waals surface area contributed by atoms with Crippen LogP contribution in [0.3, 0.4) is 0 Å². The summed E-state index contributed by atoms with van der Waals surface area (Å²) < 4.78 is 18.5. The van der Waals surface area contributed by atoms with Gasteiger partial charge in [0.25, 0.3) is 0 Å². The van der Waals surface area contributed by atoms with Crippen LogP contribution in [0.1, 0.15) is 90.9 Å². The van der Waals surface area contributed by atoms with Gasteiger partial charge in [-0.2, -0.15) is 0 Å². The maximum atomic E-state index is 13.3.